The second-order valence-electron chi connectivity index (χ2n) is 19.1. The van der Waals surface area contributed by atoms with Crippen molar-refractivity contribution in [3.63, 3.8) is 0 Å². The molecule has 4 heteroatoms. The molecule has 2 fully saturated rings. The molecule has 4 aromatic rings. The summed E-state index contributed by atoms with van der Waals surface area (Å²) in [5, 5.41) is 0. The number of hydrogen-bond acceptors (Lipinski definition) is 0. The van der Waals surface area contributed by atoms with Crippen molar-refractivity contribution < 1.29 is 17.4 Å². The third-order valence-corrected chi connectivity index (χ3v) is 31.3. The van der Waals surface area contributed by atoms with E-state index in [1.54, 1.807) is 27.8 Å². The van der Waals surface area contributed by atoms with E-state index in [0.29, 0.717) is 13.2 Å². The van der Waals surface area contributed by atoms with Gasteiger partial charge in [-0.05, 0) is 0 Å². The first-order valence-corrected chi connectivity index (χ1v) is 34.0. The Morgan fingerprint density at radius 1 is 0.566 bits per heavy atom. The normalized spacial score (nSPS) is 20.8. The predicted molar refractivity (Wildman–Crippen MR) is 237 cm³/mol. The summed E-state index contributed by atoms with van der Waals surface area (Å²) in [7, 11) is 0. The van der Waals surface area contributed by atoms with E-state index >= 15 is 0 Å². The summed E-state index contributed by atoms with van der Waals surface area (Å²) in [6, 6.07) is 33.9. The van der Waals surface area contributed by atoms with Gasteiger partial charge in [-0.2, -0.15) is 0 Å². The molecule has 4 aliphatic carbocycles. The molecule has 53 heavy (non-hydrogen) atoms. The van der Waals surface area contributed by atoms with Crippen LogP contribution < -0.4 is 0 Å². The molecule has 0 spiro atoms. The Kier molecular flexibility index (Phi) is 11.9. The third-order valence-electron chi connectivity index (χ3n) is 13.7. The Bertz CT molecular complexity index is 2080. The molecule has 0 N–H and O–H groups in total. The van der Waals surface area contributed by atoms with Crippen LogP contribution in [0.4, 0.5) is 0 Å². The first-order valence-electron chi connectivity index (χ1n) is 20.3. The Labute approximate surface area is 336 Å². The summed E-state index contributed by atoms with van der Waals surface area (Å²) in [4.78, 5) is 0. The molecular formula is C49H62Cl2SiZr. The van der Waals surface area contributed by atoms with Crippen molar-refractivity contribution in [3.05, 3.63) is 129 Å². The fraction of sp³-hybridized carbons (Fsp3) is 0.429. The molecule has 2 atom stereocenters. The van der Waals surface area contributed by atoms with Crippen LogP contribution in [0.1, 0.15) is 138 Å². The predicted octanol–water partition coefficient (Wildman–Crippen LogP) is 14.7. The van der Waals surface area contributed by atoms with E-state index in [2.05, 4.69) is 141 Å². The SMILES string of the molecule is CC1=Cc2c(-c3ccc(C4CCCCC4)cc3)cccc2[CH]1[Zr]([CH3])([CH3])(=[SiH2])[CH]1C(C2CCCCC2)=Cc2c(-c3ccc(C(C)(C)C)cc3)cccc21.Cl.Cl. The van der Waals surface area contributed by atoms with Gasteiger partial charge in [-0.3, -0.25) is 0 Å². The van der Waals surface area contributed by atoms with E-state index in [0.717, 1.165) is 5.92 Å². The van der Waals surface area contributed by atoms with Crippen LogP contribution in [0.25, 0.3) is 34.4 Å². The van der Waals surface area contributed by atoms with Crippen LogP contribution in [-0.4, -0.2) is 6.88 Å². The molecule has 4 aromatic carbocycles. The van der Waals surface area contributed by atoms with Crippen molar-refractivity contribution in [3.8, 4) is 22.3 Å². The smallest absolute Gasteiger partial charge is 0.147 e. The topological polar surface area (TPSA) is 0 Å². The van der Waals surface area contributed by atoms with Gasteiger partial charge in [-0.25, -0.2) is 0 Å². The quantitative estimate of drug-likeness (QED) is 0.170. The van der Waals surface area contributed by atoms with Crippen LogP contribution in [0.15, 0.2) is 96.1 Å². The van der Waals surface area contributed by atoms with E-state index in [1.165, 1.54) is 103 Å². The zero-order valence-electron chi connectivity index (χ0n) is 33.1. The Morgan fingerprint density at radius 3 is 1.57 bits per heavy atom. The molecule has 8 rings (SSSR count). The van der Waals surface area contributed by atoms with Gasteiger partial charge in [-0.1, -0.05) is 0 Å². The molecule has 0 amide bonds. The molecule has 0 bridgehead atoms. The van der Waals surface area contributed by atoms with Gasteiger partial charge in [0.2, 0.25) is 0 Å². The van der Waals surface area contributed by atoms with E-state index < -0.39 is 17.4 Å². The van der Waals surface area contributed by atoms with Crippen molar-refractivity contribution in [1.82, 2.24) is 0 Å². The van der Waals surface area contributed by atoms with Gasteiger partial charge in [0.25, 0.3) is 0 Å². The van der Waals surface area contributed by atoms with Gasteiger partial charge in [0.1, 0.15) is 0 Å². The molecule has 0 nitrogen and oxygen atoms in total. The summed E-state index contributed by atoms with van der Waals surface area (Å²) < 4.78 is 6.78. The molecular weight excluding hydrogens is 779 g/mol. The minimum Gasteiger partial charge on any atom is -0.147 e. The minimum absolute atomic E-state index is 0. The summed E-state index contributed by atoms with van der Waals surface area (Å²) in [5.74, 6) is 1.46. The zero-order chi connectivity index (χ0) is 35.6. The number of allylic oxidation sites excluding steroid dienone is 2. The van der Waals surface area contributed by atoms with Crippen LogP contribution >= 0.6 is 24.8 Å². The second kappa shape index (κ2) is 15.5. The van der Waals surface area contributed by atoms with Gasteiger partial charge >= 0.3 is 314 Å². The number of hydrogen-bond donors (Lipinski definition) is 0. The number of fused-ring (bicyclic) bond motifs is 2. The molecule has 0 aliphatic heterocycles. The van der Waals surface area contributed by atoms with E-state index in [1.807, 2.05) is 0 Å². The Hall–Kier alpha value is -1.96. The average molecular weight is 841 g/mol. The van der Waals surface area contributed by atoms with Crippen molar-refractivity contribution in [2.45, 2.75) is 120 Å². The van der Waals surface area contributed by atoms with Crippen LogP contribution in [-0.2, 0) is 22.8 Å². The fourth-order valence-electron chi connectivity index (χ4n) is 11.3. The van der Waals surface area contributed by atoms with E-state index in [4.69, 9.17) is 0 Å². The zero-order valence-corrected chi connectivity index (χ0v) is 38.6. The van der Waals surface area contributed by atoms with Gasteiger partial charge < -0.3 is 0 Å². The number of benzene rings is 4. The summed E-state index contributed by atoms with van der Waals surface area (Å²) in [5.41, 5.74) is 18.4. The Balaban J connectivity index is 0.00000240. The molecule has 0 heterocycles. The molecule has 4 aliphatic rings. The maximum Gasteiger partial charge on any atom is -0.147 e. The van der Waals surface area contributed by atoms with Gasteiger partial charge in [0.05, 0.1) is 0 Å². The maximum atomic E-state index is 2.84. The van der Waals surface area contributed by atoms with Crippen LogP contribution in [0.3, 0.4) is 0 Å². The molecule has 280 valence electrons. The van der Waals surface area contributed by atoms with Crippen LogP contribution in [0, 0.1) is 5.92 Å². The van der Waals surface area contributed by atoms with E-state index in [-0.39, 0.29) is 30.2 Å². The van der Waals surface area contributed by atoms with Crippen LogP contribution in [0.5, 0.6) is 0 Å². The standard InChI is InChI=1S/C25H29.C22H23.2CH3.2ClH.H2Si.Zr/c1-25(2,3)22-14-12-19(13-15-22)23-11-7-10-20-16-21(17-24(20)23)18-8-5-4-6-9-18;1-16-14-20-8-5-9-21(22(20)15-16)19-12-10-18(11-13-19)17-6-3-2-4-7-17;;;;;;/h7,10-18H,4-6,8-9H2,1-3H3;5,8-15,17H,2-4,6-7H2,1H3;2*1H3;2*1H;1H2;. The first kappa shape index (κ1) is 40.7. The maximum absolute atomic E-state index is 3.72. The second-order valence-corrected chi connectivity index (χ2v) is 49.5. The van der Waals surface area contributed by atoms with E-state index in [9.17, 15) is 0 Å². The van der Waals surface area contributed by atoms with Gasteiger partial charge in [0.15, 0.2) is 0 Å². The molecule has 0 saturated heterocycles. The fourth-order valence-corrected chi connectivity index (χ4v) is 31.6. The molecule has 0 aromatic heterocycles. The van der Waals surface area contributed by atoms with Crippen molar-refractivity contribution >= 4 is 43.8 Å². The number of halogens is 2. The monoisotopic (exact) mass is 838 g/mol. The minimum atomic E-state index is -3.72. The average Bonchev–Trinajstić information content (AvgIpc) is 3.71. The van der Waals surface area contributed by atoms with Crippen molar-refractivity contribution in [2.75, 3.05) is 0 Å². The number of rotatable bonds is 6. The summed E-state index contributed by atoms with van der Waals surface area (Å²) >= 11 is -3.72. The van der Waals surface area contributed by atoms with Gasteiger partial charge in [0, 0.05) is 0 Å². The molecule has 2 unspecified atom stereocenters. The van der Waals surface area contributed by atoms with Crippen LogP contribution in [0.2, 0.25) is 9.26 Å². The summed E-state index contributed by atoms with van der Waals surface area (Å²) in [6.07, 6.45) is 19.1. The Morgan fingerprint density at radius 2 is 1.04 bits per heavy atom. The van der Waals surface area contributed by atoms with Crippen molar-refractivity contribution in [2.24, 2.45) is 5.92 Å². The first-order chi connectivity index (χ1) is 24.4. The largest absolute Gasteiger partial charge is 0.147 e. The van der Waals surface area contributed by atoms with Gasteiger partial charge in [-0.15, -0.1) is 24.8 Å². The van der Waals surface area contributed by atoms with Crippen molar-refractivity contribution in [1.29, 1.82) is 0 Å². The molecule has 0 radical (unpaired) electrons. The molecule has 2 saturated carbocycles. The summed E-state index contributed by atoms with van der Waals surface area (Å²) in [6.45, 7) is 11.9. The third kappa shape index (κ3) is 7.51.